The van der Waals surface area contributed by atoms with E-state index in [9.17, 15) is 8.42 Å². The van der Waals surface area contributed by atoms with Crippen LogP contribution in [-0.4, -0.2) is 23.6 Å². The highest BCUT2D eigenvalue weighted by Crippen LogP contribution is 2.25. The number of anilines is 1. The monoisotopic (exact) mass is 376 g/mol. The first-order valence-electron chi connectivity index (χ1n) is 8.30. The molecule has 2 aromatic carbocycles. The lowest BCUT2D eigenvalue weighted by atomic mass is 10.1. The fourth-order valence-electron chi connectivity index (χ4n) is 2.76. The minimum absolute atomic E-state index is 0.160. The van der Waals surface area contributed by atoms with E-state index in [1.54, 1.807) is 42.6 Å². The average molecular weight is 376 g/mol. The standard InChI is InChI=1S/C20H16N4O2S/c1-14-7-9-16(10-8-14)27(25,26)24-19-12-11-18(22-23-19)17-6-2-4-15-5-3-13-21-20(15)17/h2-13H,1H3,(H,23,24). The topological polar surface area (TPSA) is 84.8 Å². The molecule has 0 unspecified atom stereocenters. The van der Waals surface area contributed by atoms with Crippen LogP contribution in [0.3, 0.4) is 0 Å². The predicted octanol–water partition coefficient (Wildman–Crippen LogP) is 3.80. The van der Waals surface area contributed by atoms with Gasteiger partial charge < -0.3 is 0 Å². The van der Waals surface area contributed by atoms with Crippen molar-refractivity contribution in [1.29, 1.82) is 0 Å². The quantitative estimate of drug-likeness (QED) is 0.585. The first-order chi connectivity index (χ1) is 13.0. The highest BCUT2D eigenvalue weighted by atomic mass is 32.2. The summed E-state index contributed by atoms with van der Waals surface area (Å²) in [5, 5.41) is 9.20. The largest absolute Gasteiger partial charge is 0.263 e. The van der Waals surface area contributed by atoms with Crippen molar-refractivity contribution in [3.63, 3.8) is 0 Å². The normalized spacial score (nSPS) is 11.4. The summed E-state index contributed by atoms with van der Waals surface area (Å²) in [5.74, 6) is 0.160. The highest BCUT2D eigenvalue weighted by molar-refractivity contribution is 7.92. The molecule has 2 heterocycles. The molecule has 0 aliphatic rings. The number of para-hydroxylation sites is 1. The number of sulfonamides is 1. The van der Waals surface area contributed by atoms with E-state index in [4.69, 9.17) is 0 Å². The Morgan fingerprint density at radius 2 is 1.63 bits per heavy atom. The van der Waals surface area contributed by atoms with Gasteiger partial charge in [0.1, 0.15) is 0 Å². The zero-order valence-electron chi connectivity index (χ0n) is 14.5. The van der Waals surface area contributed by atoms with Crippen molar-refractivity contribution in [2.45, 2.75) is 11.8 Å². The van der Waals surface area contributed by atoms with E-state index in [1.807, 2.05) is 37.3 Å². The fraction of sp³-hybridized carbons (Fsp3) is 0.0500. The van der Waals surface area contributed by atoms with E-state index in [1.165, 1.54) is 0 Å². The molecule has 0 spiro atoms. The molecule has 0 bridgehead atoms. The molecule has 0 radical (unpaired) electrons. The van der Waals surface area contributed by atoms with Crippen molar-refractivity contribution in [3.05, 3.63) is 78.5 Å². The fourth-order valence-corrected chi connectivity index (χ4v) is 3.75. The van der Waals surface area contributed by atoms with Crippen LogP contribution in [-0.2, 0) is 10.0 Å². The summed E-state index contributed by atoms with van der Waals surface area (Å²) in [5.41, 5.74) is 3.27. The summed E-state index contributed by atoms with van der Waals surface area (Å²) in [7, 11) is -3.71. The molecular formula is C20H16N4O2S. The van der Waals surface area contributed by atoms with Gasteiger partial charge in [0.2, 0.25) is 0 Å². The van der Waals surface area contributed by atoms with Gasteiger partial charge in [-0.05, 0) is 37.3 Å². The molecule has 6 nitrogen and oxygen atoms in total. The number of rotatable bonds is 4. The summed E-state index contributed by atoms with van der Waals surface area (Å²) in [4.78, 5) is 4.58. The van der Waals surface area contributed by atoms with E-state index in [0.717, 1.165) is 22.0 Å². The van der Waals surface area contributed by atoms with Gasteiger partial charge in [-0.3, -0.25) is 9.71 Å². The minimum Gasteiger partial charge on any atom is -0.262 e. The van der Waals surface area contributed by atoms with E-state index in [-0.39, 0.29) is 10.7 Å². The summed E-state index contributed by atoms with van der Waals surface area (Å²) in [6.45, 7) is 1.90. The number of nitrogens with one attached hydrogen (secondary N) is 1. The third-order valence-electron chi connectivity index (χ3n) is 4.14. The molecule has 4 rings (SSSR count). The van der Waals surface area contributed by atoms with Gasteiger partial charge in [0.15, 0.2) is 5.82 Å². The second-order valence-electron chi connectivity index (χ2n) is 6.10. The van der Waals surface area contributed by atoms with E-state index in [2.05, 4.69) is 19.9 Å². The first-order valence-corrected chi connectivity index (χ1v) is 9.79. The van der Waals surface area contributed by atoms with Gasteiger partial charge in [-0.1, -0.05) is 42.0 Å². The van der Waals surface area contributed by atoms with Gasteiger partial charge in [-0.2, -0.15) is 0 Å². The average Bonchev–Trinajstić information content (AvgIpc) is 2.68. The number of aromatic nitrogens is 3. The lowest BCUT2D eigenvalue weighted by molar-refractivity contribution is 0.601. The number of pyridine rings is 1. The lowest BCUT2D eigenvalue weighted by Crippen LogP contribution is -2.14. The van der Waals surface area contributed by atoms with Crippen LogP contribution in [0.2, 0.25) is 0 Å². The predicted molar refractivity (Wildman–Crippen MR) is 105 cm³/mol. The van der Waals surface area contributed by atoms with E-state index >= 15 is 0 Å². The zero-order valence-corrected chi connectivity index (χ0v) is 15.3. The van der Waals surface area contributed by atoms with Gasteiger partial charge >= 0.3 is 0 Å². The second kappa shape index (κ2) is 6.77. The van der Waals surface area contributed by atoms with Crippen molar-refractivity contribution in [1.82, 2.24) is 15.2 Å². The minimum atomic E-state index is -3.71. The van der Waals surface area contributed by atoms with Gasteiger partial charge in [0, 0.05) is 17.1 Å². The smallest absolute Gasteiger partial charge is 0.262 e. The Morgan fingerprint density at radius 1 is 0.852 bits per heavy atom. The molecule has 2 aromatic heterocycles. The third kappa shape index (κ3) is 3.50. The van der Waals surface area contributed by atoms with E-state index < -0.39 is 10.0 Å². The number of hydrogen-bond acceptors (Lipinski definition) is 5. The van der Waals surface area contributed by atoms with Crippen LogP contribution in [0.5, 0.6) is 0 Å². The van der Waals surface area contributed by atoms with E-state index in [0.29, 0.717) is 5.69 Å². The van der Waals surface area contributed by atoms with Gasteiger partial charge in [-0.25, -0.2) is 8.42 Å². The molecule has 0 aliphatic carbocycles. The van der Waals surface area contributed by atoms with Crippen LogP contribution in [0.15, 0.2) is 77.8 Å². The molecule has 0 fully saturated rings. The first kappa shape index (κ1) is 17.1. The second-order valence-corrected chi connectivity index (χ2v) is 7.79. The molecule has 0 aliphatic heterocycles. The van der Waals surface area contributed by atoms with Crippen molar-refractivity contribution < 1.29 is 8.42 Å². The molecule has 0 atom stereocenters. The number of fused-ring (bicyclic) bond motifs is 1. The van der Waals surface area contributed by atoms with Gasteiger partial charge in [0.05, 0.1) is 16.1 Å². The molecule has 27 heavy (non-hydrogen) atoms. The molecule has 0 amide bonds. The van der Waals surface area contributed by atoms with Crippen molar-refractivity contribution >= 4 is 26.7 Å². The lowest BCUT2D eigenvalue weighted by Gasteiger charge is -2.08. The summed E-state index contributed by atoms with van der Waals surface area (Å²) in [6, 6.07) is 19.6. The maximum Gasteiger partial charge on any atom is 0.263 e. The van der Waals surface area contributed by atoms with Crippen LogP contribution < -0.4 is 4.72 Å². The summed E-state index contributed by atoms with van der Waals surface area (Å²) >= 11 is 0. The van der Waals surface area contributed by atoms with Crippen molar-refractivity contribution in [3.8, 4) is 11.3 Å². The number of benzene rings is 2. The van der Waals surface area contributed by atoms with Crippen molar-refractivity contribution in [2.24, 2.45) is 0 Å². The Hall–Kier alpha value is -3.32. The number of hydrogen-bond donors (Lipinski definition) is 1. The maximum atomic E-state index is 12.5. The molecule has 7 heteroatoms. The van der Waals surface area contributed by atoms with Crippen molar-refractivity contribution in [2.75, 3.05) is 4.72 Å². The Balaban J connectivity index is 1.63. The third-order valence-corrected chi connectivity index (χ3v) is 5.51. The maximum absolute atomic E-state index is 12.5. The molecule has 4 aromatic rings. The number of aryl methyl sites for hydroxylation is 1. The zero-order chi connectivity index (χ0) is 18.9. The number of nitrogens with zero attached hydrogens (tertiary/aromatic N) is 3. The Labute approximate surface area is 157 Å². The highest BCUT2D eigenvalue weighted by Gasteiger charge is 2.15. The molecule has 0 saturated carbocycles. The van der Waals surface area contributed by atoms with Crippen LogP contribution in [0, 0.1) is 6.92 Å². The Bertz CT molecular complexity index is 1200. The van der Waals surface area contributed by atoms with Gasteiger partial charge in [-0.15, -0.1) is 10.2 Å². The molecule has 134 valence electrons. The SMILES string of the molecule is Cc1ccc(S(=O)(=O)Nc2ccc(-c3cccc4cccnc34)nn2)cc1. The Kier molecular flexibility index (Phi) is 4.29. The molecular weight excluding hydrogens is 360 g/mol. The Morgan fingerprint density at radius 3 is 2.37 bits per heavy atom. The van der Waals surface area contributed by atoms with Crippen LogP contribution >= 0.6 is 0 Å². The van der Waals surface area contributed by atoms with Gasteiger partial charge in [0.25, 0.3) is 10.0 Å². The molecule has 1 N–H and O–H groups in total. The van der Waals surface area contributed by atoms with Crippen LogP contribution in [0.4, 0.5) is 5.82 Å². The molecule has 0 saturated heterocycles. The van der Waals surface area contributed by atoms with Crippen LogP contribution in [0.25, 0.3) is 22.2 Å². The summed E-state index contributed by atoms with van der Waals surface area (Å²) < 4.78 is 27.4. The summed E-state index contributed by atoms with van der Waals surface area (Å²) in [6.07, 6.45) is 1.73. The van der Waals surface area contributed by atoms with Crippen LogP contribution in [0.1, 0.15) is 5.56 Å².